The first-order chi connectivity index (χ1) is 17.5. The lowest BCUT2D eigenvalue weighted by molar-refractivity contribution is -0.112. The van der Waals surface area contributed by atoms with E-state index in [-0.39, 0.29) is 5.57 Å². The summed E-state index contributed by atoms with van der Waals surface area (Å²) in [5.41, 5.74) is 6.22. The lowest BCUT2D eigenvalue weighted by atomic mass is 9.84. The fourth-order valence-electron chi connectivity index (χ4n) is 5.43. The molecule has 0 spiro atoms. The maximum atomic E-state index is 12.9. The van der Waals surface area contributed by atoms with Gasteiger partial charge in [0.05, 0.1) is 0 Å². The zero-order chi connectivity index (χ0) is 25.1. The third kappa shape index (κ3) is 4.83. The summed E-state index contributed by atoms with van der Waals surface area (Å²) in [6.07, 6.45) is 8.27. The van der Waals surface area contributed by atoms with Crippen LogP contribution in [-0.2, 0) is 4.79 Å². The van der Waals surface area contributed by atoms with E-state index in [4.69, 9.17) is 0 Å². The molecule has 180 valence electrons. The van der Waals surface area contributed by atoms with Crippen LogP contribution in [0.5, 0.6) is 0 Å². The third-order valence-corrected chi connectivity index (χ3v) is 7.37. The molecule has 1 amide bonds. The van der Waals surface area contributed by atoms with Crippen molar-refractivity contribution in [1.82, 2.24) is 4.57 Å². The number of carbonyl (C=O) groups excluding carboxylic acids is 1. The molecule has 1 saturated carbocycles. The van der Waals surface area contributed by atoms with Crippen LogP contribution in [0.4, 0.5) is 5.69 Å². The molecule has 1 aliphatic carbocycles. The summed E-state index contributed by atoms with van der Waals surface area (Å²) in [7, 11) is 0. The summed E-state index contributed by atoms with van der Waals surface area (Å²) in [6.45, 7) is 4.09. The molecule has 4 aromatic rings. The molecular formula is C32H31N3O. The molecule has 3 aromatic carbocycles. The van der Waals surface area contributed by atoms with E-state index in [1.165, 1.54) is 37.7 Å². The van der Waals surface area contributed by atoms with Crippen molar-refractivity contribution in [3.63, 3.8) is 0 Å². The molecule has 1 N–H and O–H groups in total. The van der Waals surface area contributed by atoms with E-state index in [2.05, 4.69) is 47.1 Å². The van der Waals surface area contributed by atoms with Crippen molar-refractivity contribution in [3.05, 3.63) is 101 Å². The molecule has 36 heavy (non-hydrogen) atoms. The van der Waals surface area contributed by atoms with Crippen LogP contribution in [0.3, 0.4) is 0 Å². The molecule has 1 aromatic heterocycles. The molecule has 1 fully saturated rings. The summed E-state index contributed by atoms with van der Waals surface area (Å²) in [5.74, 6) is 0.270. The fraction of sp³-hybridized carbons (Fsp3) is 0.250. The molecule has 0 atom stereocenters. The van der Waals surface area contributed by atoms with E-state index in [1.54, 1.807) is 6.08 Å². The fourth-order valence-corrected chi connectivity index (χ4v) is 5.43. The average Bonchev–Trinajstić information content (AvgIpc) is 3.20. The van der Waals surface area contributed by atoms with Crippen molar-refractivity contribution in [2.75, 3.05) is 5.32 Å². The predicted octanol–water partition coefficient (Wildman–Crippen LogP) is 7.84. The molecule has 0 radical (unpaired) electrons. The monoisotopic (exact) mass is 473 g/mol. The second-order valence-corrected chi connectivity index (χ2v) is 9.77. The Kier molecular flexibility index (Phi) is 6.73. The zero-order valence-electron chi connectivity index (χ0n) is 20.9. The van der Waals surface area contributed by atoms with E-state index in [9.17, 15) is 10.1 Å². The van der Waals surface area contributed by atoms with Crippen LogP contribution in [0.15, 0.2) is 78.4 Å². The van der Waals surface area contributed by atoms with Crippen molar-refractivity contribution in [1.29, 1.82) is 5.26 Å². The lowest BCUT2D eigenvalue weighted by Gasteiger charge is -2.22. The number of hydrogen-bond acceptors (Lipinski definition) is 2. The number of rotatable bonds is 5. The quantitative estimate of drug-likeness (QED) is 0.237. The minimum absolute atomic E-state index is 0.0797. The average molecular weight is 474 g/mol. The Hall–Kier alpha value is -4.10. The smallest absolute Gasteiger partial charge is 0.266 e. The number of benzene rings is 3. The van der Waals surface area contributed by atoms with Crippen molar-refractivity contribution >= 4 is 28.4 Å². The first kappa shape index (κ1) is 23.6. The largest absolute Gasteiger partial charge is 0.321 e. The number of amides is 1. The van der Waals surface area contributed by atoms with E-state index in [0.717, 1.165) is 33.4 Å². The SMILES string of the molecule is Cc1cc(/C=C(\C#N)C(=O)Nc2ccc3ccccc3c2)c(C)n1-c1ccc(C2CCCCC2)cc1. The maximum Gasteiger partial charge on any atom is 0.266 e. The van der Waals surface area contributed by atoms with Gasteiger partial charge in [-0.2, -0.15) is 5.26 Å². The highest BCUT2D eigenvalue weighted by atomic mass is 16.1. The van der Waals surface area contributed by atoms with Crippen LogP contribution in [0.1, 0.15) is 60.5 Å². The van der Waals surface area contributed by atoms with Crippen LogP contribution in [0.2, 0.25) is 0 Å². The van der Waals surface area contributed by atoms with Crippen molar-refractivity contribution in [3.8, 4) is 11.8 Å². The minimum atomic E-state index is -0.408. The summed E-state index contributed by atoms with van der Waals surface area (Å²) in [6, 6.07) is 26.8. The molecule has 4 nitrogen and oxygen atoms in total. The van der Waals surface area contributed by atoms with Crippen LogP contribution in [0.25, 0.3) is 22.5 Å². The molecule has 0 saturated heterocycles. The number of carbonyl (C=O) groups is 1. The summed E-state index contributed by atoms with van der Waals surface area (Å²) in [4.78, 5) is 12.9. The normalized spacial score (nSPS) is 14.5. The van der Waals surface area contributed by atoms with E-state index in [1.807, 2.05) is 55.5 Å². The van der Waals surface area contributed by atoms with Gasteiger partial charge < -0.3 is 9.88 Å². The zero-order valence-corrected chi connectivity index (χ0v) is 20.9. The molecule has 0 unspecified atom stereocenters. The summed E-state index contributed by atoms with van der Waals surface area (Å²) in [5, 5.41) is 14.8. The minimum Gasteiger partial charge on any atom is -0.321 e. The Bertz CT molecular complexity index is 1480. The highest BCUT2D eigenvalue weighted by Gasteiger charge is 2.17. The molecule has 1 heterocycles. The highest BCUT2D eigenvalue weighted by molar-refractivity contribution is 6.10. The van der Waals surface area contributed by atoms with Crippen LogP contribution in [-0.4, -0.2) is 10.5 Å². The van der Waals surface area contributed by atoms with Gasteiger partial charge in [-0.3, -0.25) is 4.79 Å². The van der Waals surface area contributed by atoms with Gasteiger partial charge in [-0.15, -0.1) is 0 Å². The van der Waals surface area contributed by atoms with Gasteiger partial charge in [-0.1, -0.05) is 61.7 Å². The Morgan fingerprint density at radius 2 is 1.67 bits per heavy atom. The molecule has 1 aliphatic rings. The second kappa shape index (κ2) is 10.3. The van der Waals surface area contributed by atoms with Gasteiger partial charge in [0.1, 0.15) is 11.6 Å². The highest BCUT2D eigenvalue weighted by Crippen LogP contribution is 2.33. The number of hydrogen-bond donors (Lipinski definition) is 1. The van der Waals surface area contributed by atoms with Gasteiger partial charge in [0.25, 0.3) is 5.91 Å². The number of nitriles is 1. The van der Waals surface area contributed by atoms with E-state index in [0.29, 0.717) is 11.6 Å². The number of nitrogens with zero attached hydrogens (tertiary/aromatic N) is 2. The van der Waals surface area contributed by atoms with Crippen molar-refractivity contribution in [2.24, 2.45) is 0 Å². The Morgan fingerprint density at radius 1 is 0.944 bits per heavy atom. The van der Waals surface area contributed by atoms with Crippen LogP contribution in [0, 0.1) is 25.2 Å². The first-order valence-corrected chi connectivity index (χ1v) is 12.7. The van der Waals surface area contributed by atoms with Crippen molar-refractivity contribution in [2.45, 2.75) is 51.9 Å². The second-order valence-electron chi connectivity index (χ2n) is 9.77. The topological polar surface area (TPSA) is 57.8 Å². The van der Waals surface area contributed by atoms with Gasteiger partial charge >= 0.3 is 0 Å². The lowest BCUT2D eigenvalue weighted by Crippen LogP contribution is -2.13. The standard InChI is InChI=1S/C32H31N3O/c1-22-18-28(23(2)35(22)31-16-13-26(14-17-31)24-8-4-3-5-9-24)19-29(21-33)32(36)34-30-15-12-25-10-6-7-11-27(25)20-30/h6-7,10-20,24H,3-5,8-9H2,1-2H3,(H,34,36)/b29-19+. The third-order valence-electron chi connectivity index (χ3n) is 7.37. The summed E-state index contributed by atoms with van der Waals surface area (Å²) < 4.78 is 2.19. The van der Waals surface area contributed by atoms with Gasteiger partial charge in [-0.25, -0.2) is 0 Å². The van der Waals surface area contributed by atoms with Crippen LogP contribution >= 0.6 is 0 Å². The number of anilines is 1. The Balaban J connectivity index is 1.38. The summed E-state index contributed by atoms with van der Waals surface area (Å²) >= 11 is 0. The van der Waals surface area contributed by atoms with E-state index >= 15 is 0 Å². The number of nitrogens with one attached hydrogen (secondary N) is 1. The van der Waals surface area contributed by atoms with Gasteiger partial charge in [-0.05, 0) is 90.9 Å². The molecule has 5 rings (SSSR count). The Labute approximate surface area is 212 Å². The Morgan fingerprint density at radius 3 is 2.39 bits per heavy atom. The maximum absolute atomic E-state index is 12.9. The van der Waals surface area contributed by atoms with Gasteiger partial charge in [0.2, 0.25) is 0 Å². The number of aromatic nitrogens is 1. The molecular weight excluding hydrogens is 442 g/mol. The molecule has 0 aliphatic heterocycles. The number of fused-ring (bicyclic) bond motifs is 1. The van der Waals surface area contributed by atoms with Crippen LogP contribution < -0.4 is 5.32 Å². The molecule has 0 bridgehead atoms. The van der Waals surface area contributed by atoms with Gasteiger partial charge in [0.15, 0.2) is 0 Å². The van der Waals surface area contributed by atoms with Gasteiger partial charge in [0, 0.05) is 22.8 Å². The first-order valence-electron chi connectivity index (χ1n) is 12.7. The molecule has 4 heteroatoms. The predicted molar refractivity (Wildman–Crippen MR) is 147 cm³/mol. The van der Waals surface area contributed by atoms with E-state index < -0.39 is 5.91 Å². The van der Waals surface area contributed by atoms with Crippen molar-refractivity contribution < 1.29 is 4.79 Å². The number of aryl methyl sites for hydroxylation is 1.